The molecule has 14 heavy (non-hydrogen) atoms. The predicted octanol–water partition coefficient (Wildman–Crippen LogP) is 2.67. The van der Waals surface area contributed by atoms with Gasteiger partial charge in [0.05, 0.1) is 0 Å². The maximum absolute atomic E-state index is 5.13. The molecule has 0 bridgehead atoms. The highest BCUT2D eigenvalue weighted by atomic mass is 32.2. The van der Waals surface area contributed by atoms with Crippen molar-refractivity contribution in [2.24, 2.45) is 0 Å². The Labute approximate surface area is 94.7 Å². The molecule has 0 aromatic heterocycles. The number of benzene rings is 1. The minimum Gasteiger partial charge on any atom is -0.355 e. The fraction of sp³-hybridized carbons (Fsp3) is 0.300. The molecule has 4 heteroatoms. The van der Waals surface area contributed by atoms with Gasteiger partial charge in [-0.1, -0.05) is 0 Å². The molecule has 1 rings (SSSR count). The summed E-state index contributed by atoms with van der Waals surface area (Å²) in [7, 11) is 3.84. The van der Waals surface area contributed by atoms with Crippen molar-refractivity contribution in [1.82, 2.24) is 4.90 Å². The fourth-order valence-electron chi connectivity index (χ4n) is 0.910. The van der Waals surface area contributed by atoms with Crippen molar-refractivity contribution >= 4 is 34.8 Å². The van der Waals surface area contributed by atoms with Crippen LogP contribution < -0.4 is 5.32 Å². The Bertz CT molecular complexity index is 306. The summed E-state index contributed by atoms with van der Waals surface area (Å²) < 4.78 is 0. The van der Waals surface area contributed by atoms with E-state index in [4.69, 9.17) is 12.2 Å². The Morgan fingerprint density at radius 3 is 2.29 bits per heavy atom. The first-order valence-electron chi connectivity index (χ1n) is 4.26. The lowest BCUT2D eigenvalue weighted by atomic mass is 10.3. The summed E-state index contributed by atoms with van der Waals surface area (Å²) in [6, 6.07) is 8.21. The highest BCUT2D eigenvalue weighted by Gasteiger charge is 1.98. The number of hydrogen-bond donors (Lipinski definition) is 1. The van der Waals surface area contributed by atoms with E-state index in [2.05, 4.69) is 23.7 Å². The molecular formula is C10H14N2S2. The van der Waals surface area contributed by atoms with E-state index < -0.39 is 0 Å². The van der Waals surface area contributed by atoms with Gasteiger partial charge in [-0.15, -0.1) is 11.8 Å². The zero-order chi connectivity index (χ0) is 10.6. The standard InChI is InChI=1S/C10H14N2S2/c1-12(2)10(13)11-8-4-6-9(14-3)7-5-8/h4-7H,1-3H3,(H,11,13). The molecule has 0 fully saturated rings. The monoisotopic (exact) mass is 226 g/mol. The lowest BCUT2D eigenvalue weighted by Crippen LogP contribution is -2.26. The topological polar surface area (TPSA) is 15.3 Å². The molecule has 0 aliphatic rings. The summed E-state index contributed by atoms with van der Waals surface area (Å²) in [5.74, 6) is 0. The molecule has 0 aliphatic carbocycles. The molecule has 1 aromatic carbocycles. The highest BCUT2D eigenvalue weighted by Crippen LogP contribution is 2.17. The van der Waals surface area contributed by atoms with Crippen LogP contribution >= 0.6 is 24.0 Å². The normalized spacial score (nSPS) is 9.64. The number of nitrogens with one attached hydrogen (secondary N) is 1. The summed E-state index contributed by atoms with van der Waals surface area (Å²) in [5, 5.41) is 3.86. The van der Waals surface area contributed by atoms with Gasteiger partial charge in [-0.05, 0) is 42.7 Å². The van der Waals surface area contributed by atoms with E-state index in [9.17, 15) is 0 Å². The Kier molecular flexibility index (Phi) is 4.22. The second-order valence-electron chi connectivity index (χ2n) is 3.05. The Balaban J connectivity index is 2.64. The number of rotatable bonds is 2. The third kappa shape index (κ3) is 3.20. The number of nitrogens with zero attached hydrogens (tertiary/aromatic N) is 1. The molecule has 0 radical (unpaired) electrons. The lowest BCUT2D eigenvalue weighted by molar-refractivity contribution is 0.634. The summed E-state index contributed by atoms with van der Waals surface area (Å²) in [6.45, 7) is 0. The average Bonchev–Trinajstić information content (AvgIpc) is 2.19. The molecule has 0 aliphatic heterocycles. The van der Waals surface area contributed by atoms with E-state index in [1.54, 1.807) is 11.8 Å². The van der Waals surface area contributed by atoms with Gasteiger partial charge in [0.15, 0.2) is 5.11 Å². The van der Waals surface area contributed by atoms with Crippen LogP contribution in [0.15, 0.2) is 29.2 Å². The van der Waals surface area contributed by atoms with Crippen LogP contribution in [0.4, 0.5) is 5.69 Å². The van der Waals surface area contributed by atoms with Crippen LogP contribution in [0.3, 0.4) is 0 Å². The first-order chi connectivity index (χ1) is 6.63. The third-order valence-electron chi connectivity index (χ3n) is 1.75. The molecule has 0 saturated carbocycles. The van der Waals surface area contributed by atoms with Crippen LogP contribution in [-0.2, 0) is 0 Å². The SMILES string of the molecule is CSc1ccc(NC(=S)N(C)C)cc1. The van der Waals surface area contributed by atoms with Gasteiger partial charge >= 0.3 is 0 Å². The van der Waals surface area contributed by atoms with Crippen LogP contribution in [-0.4, -0.2) is 30.4 Å². The number of anilines is 1. The Morgan fingerprint density at radius 1 is 1.29 bits per heavy atom. The largest absolute Gasteiger partial charge is 0.355 e. The van der Waals surface area contributed by atoms with Crippen LogP contribution in [0.2, 0.25) is 0 Å². The molecule has 0 saturated heterocycles. The Hall–Kier alpha value is -0.740. The van der Waals surface area contributed by atoms with E-state index in [0.29, 0.717) is 0 Å². The predicted molar refractivity (Wildman–Crippen MR) is 68.1 cm³/mol. The summed E-state index contributed by atoms with van der Waals surface area (Å²) >= 11 is 6.86. The molecule has 2 nitrogen and oxygen atoms in total. The smallest absolute Gasteiger partial charge is 0.172 e. The summed E-state index contributed by atoms with van der Waals surface area (Å²) in [4.78, 5) is 3.13. The maximum atomic E-state index is 5.13. The van der Waals surface area contributed by atoms with Gasteiger partial charge in [0.25, 0.3) is 0 Å². The lowest BCUT2D eigenvalue weighted by Gasteiger charge is -2.15. The summed E-state index contributed by atoms with van der Waals surface area (Å²) in [5.41, 5.74) is 1.03. The van der Waals surface area contributed by atoms with Gasteiger partial charge in [-0.3, -0.25) is 0 Å². The zero-order valence-electron chi connectivity index (χ0n) is 8.57. The van der Waals surface area contributed by atoms with Crippen LogP contribution in [0.25, 0.3) is 0 Å². The van der Waals surface area contributed by atoms with Gasteiger partial charge in [0.2, 0.25) is 0 Å². The zero-order valence-corrected chi connectivity index (χ0v) is 10.2. The van der Waals surface area contributed by atoms with E-state index in [1.807, 2.05) is 31.1 Å². The van der Waals surface area contributed by atoms with Crippen molar-refractivity contribution in [2.75, 3.05) is 25.7 Å². The molecule has 0 amide bonds. The molecule has 1 N–H and O–H groups in total. The molecule has 1 aromatic rings. The maximum Gasteiger partial charge on any atom is 0.172 e. The molecule has 76 valence electrons. The molecule has 0 unspecified atom stereocenters. The van der Waals surface area contributed by atoms with E-state index in [1.165, 1.54) is 4.90 Å². The number of thioether (sulfide) groups is 1. The van der Waals surface area contributed by atoms with Crippen molar-refractivity contribution in [3.05, 3.63) is 24.3 Å². The Morgan fingerprint density at radius 2 is 1.86 bits per heavy atom. The molecule has 0 spiro atoms. The highest BCUT2D eigenvalue weighted by molar-refractivity contribution is 7.98. The van der Waals surface area contributed by atoms with Gasteiger partial charge in [-0.25, -0.2) is 0 Å². The second-order valence-corrected chi connectivity index (χ2v) is 4.32. The first-order valence-corrected chi connectivity index (χ1v) is 5.89. The van der Waals surface area contributed by atoms with Gasteiger partial charge in [0, 0.05) is 24.7 Å². The van der Waals surface area contributed by atoms with Crippen molar-refractivity contribution in [2.45, 2.75) is 4.90 Å². The van der Waals surface area contributed by atoms with Crippen molar-refractivity contribution in [3.63, 3.8) is 0 Å². The van der Waals surface area contributed by atoms with Crippen molar-refractivity contribution < 1.29 is 0 Å². The number of thiocarbonyl (C=S) groups is 1. The molecular weight excluding hydrogens is 212 g/mol. The molecule has 0 atom stereocenters. The van der Waals surface area contributed by atoms with Gasteiger partial charge in [-0.2, -0.15) is 0 Å². The first kappa shape index (κ1) is 11.3. The van der Waals surface area contributed by atoms with E-state index in [0.717, 1.165) is 10.8 Å². The van der Waals surface area contributed by atoms with Crippen LogP contribution in [0.5, 0.6) is 0 Å². The minimum atomic E-state index is 0.724. The van der Waals surface area contributed by atoms with Gasteiger partial charge < -0.3 is 10.2 Å². The second kappa shape index (κ2) is 5.22. The minimum absolute atomic E-state index is 0.724. The fourth-order valence-corrected chi connectivity index (χ4v) is 1.44. The van der Waals surface area contributed by atoms with Gasteiger partial charge in [0.1, 0.15) is 0 Å². The van der Waals surface area contributed by atoms with Crippen LogP contribution in [0, 0.1) is 0 Å². The van der Waals surface area contributed by atoms with E-state index >= 15 is 0 Å². The molecule has 0 heterocycles. The van der Waals surface area contributed by atoms with E-state index in [-0.39, 0.29) is 0 Å². The van der Waals surface area contributed by atoms with Crippen LogP contribution in [0.1, 0.15) is 0 Å². The third-order valence-corrected chi connectivity index (χ3v) is 2.96. The van der Waals surface area contributed by atoms with Crippen molar-refractivity contribution in [3.8, 4) is 0 Å². The van der Waals surface area contributed by atoms with Crippen molar-refractivity contribution in [1.29, 1.82) is 0 Å². The summed E-state index contributed by atoms with van der Waals surface area (Å²) in [6.07, 6.45) is 2.06. The average molecular weight is 226 g/mol. The quantitative estimate of drug-likeness (QED) is 0.616. The number of hydrogen-bond acceptors (Lipinski definition) is 2.